The van der Waals surface area contributed by atoms with Crippen molar-refractivity contribution in [1.29, 1.82) is 0 Å². The van der Waals surface area contributed by atoms with Gasteiger partial charge in [-0.3, -0.25) is 0 Å². The summed E-state index contributed by atoms with van der Waals surface area (Å²) in [5.41, 5.74) is 0.917. The molecule has 0 bridgehead atoms. The number of benzene rings is 1. The van der Waals surface area contributed by atoms with E-state index in [2.05, 4.69) is 11.6 Å². The molecule has 0 aliphatic heterocycles. The summed E-state index contributed by atoms with van der Waals surface area (Å²) in [6.45, 7) is 0.931. The van der Waals surface area contributed by atoms with Gasteiger partial charge in [-0.1, -0.05) is 23.2 Å². The maximum Gasteiger partial charge on any atom is 0.0638 e. The first-order valence-electron chi connectivity index (χ1n) is 4.42. The predicted molar refractivity (Wildman–Crippen MR) is 68.0 cm³/mol. The zero-order valence-electron chi connectivity index (χ0n) is 8.02. The van der Waals surface area contributed by atoms with Gasteiger partial charge in [-0.05, 0) is 36.6 Å². The van der Waals surface area contributed by atoms with Crippen molar-refractivity contribution in [2.24, 2.45) is 0 Å². The van der Waals surface area contributed by atoms with Gasteiger partial charge >= 0.3 is 0 Å². The Bertz CT molecular complexity index is 291. The minimum Gasteiger partial charge on any atom is -0.384 e. The van der Waals surface area contributed by atoms with Crippen molar-refractivity contribution in [1.82, 2.24) is 0 Å². The first-order chi connectivity index (χ1) is 6.74. The molecular weight excluding hydrogens is 237 g/mol. The molecule has 1 nitrogen and oxygen atoms in total. The van der Waals surface area contributed by atoms with Gasteiger partial charge in [-0.15, -0.1) is 0 Å². The molecule has 0 atom stereocenters. The summed E-state index contributed by atoms with van der Waals surface area (Å²) in [5, 5.41) is 4.69. The van der Waals surface area contributed by atoms with E-state index >= 15 is 0 Å². The smallest absolute Gasteiger partial charge is 0.0638 e. The van der Waals surface area contributed by atoms with Crippen LogP contribution in [0.15, 0.2) is 18.2 Å². The number of hydrogen-bond acceptors (Lipinski definition) is 2. The van der Waals surface area contributed by atoms with E-state index in [4.69, 9.17) is 23.2 Å². The number of nitrogens with one attached hydrogen (secondary N) is 1. The normalized spacial score (nSPS) is 10.2. The van der Waals surface area contributed by atoms with E-state index in [-0.39, 0.29) is 0 Å². The molecule has 0 fully saturated rings. The molecule has 0 aromatic heterocycles. The van der Waals surface area contributed by atoms with Crippen molar-refractivity contribution in [3.8, 4) is 0 Å². The van der Waals surface area contributed by atoms with E-state index < -0.39 is 0 Å². The Morgan fingerprint density at radius 1 is 1.36 bits per heavy atom. The number of anilines is 1. The Morgan fingerprint density at radius 2 is 2.14 bits per heavy atom. The summed E-state index contributed by atoms with van der Waals surface area (Å²) < 4.78 is 0. The van der Waals surface area contributed by atoms with Gasteiger partial charge in [0.15, 0.2) is 0 Å². The molecule has 0 spiro atoms. The SMILES string of the molecule is CSCCCNc1cc(Cl)ccc1Cl. The fourth-order valence-electron chi connectivity index (χ4n) is 1.07. The molecule has 0 heterocycles. The second-order valence-corrected chi connectivity index (χ2v) is 4.73. The molecular formula is C10H13Cl2NS. The fraction of sp³-hybridized carbons (Fsp3) is 0.400. The molecule has 0 radical (unpaired) electrons. The average molecular weight is 250 g/mol. The van der Waals surface area contributed by atoms with Crippen LogP contribution >= 0.6 is 35.0 Å². The molecule has 0 saturated heterocycles. The molecule has 4 heteroatoms. The zero-order chi connectivity index (χ0) is 10.4. The Labute approximate surface area is 99.2 Å². The van der Waals surface area contributed by atoms with Crippen LogP contribution in [0.3, 0.4) is 0 Å². The van der Waals surface area contributed by atoms with Crippen molar-refractivity contribution < 1.29 is 0 Å². The summed E-state index contributed by atoms with van der Waals surface area (Å²) in [7, 11) is 0. The van der Waals surface area contributed by atoms with Crippen LogP contribution in [0.4, 0.5) is 5.69 Å². The van der Waals surface area contributed by atoms with Crippen LogP contribution in [0.5, 0.6) is 0 Å². The van der Waals surface area contributed by atoms with Gasteiger partial charge in [0, 0.05) is 11.6 Å². The molecule has 14 heavy (non-hydrogen) atoms. The third-order valence-corrected chi connectivity index (χ3v) is 3.03. The summed E-state index contributed by atoms with van der Waals surface area (Å²) in [5.74, 6) is 1.16. The van der Waals surface area contributed by atoms with Crippen LogP contribution in [0.2, 0.25) is 10.0 Å². The topological polar surface area (TPSA) is 12.0 Å². The van der Waals surface area contributed by atoms with Gasteiger partial charge < -0.3 is 5.32 Å². The van der Waals surface area contributed by atoms with E-state index in [9.17, 15) is 0 Å². The highest BCUT2D eigenvalue weighted by Gasteiger charge is 1.99. The van der Waals surface area contributed by atoms with Gasteiger partial charge in [0.05, 0.1) is 10.7 Å². The van der Waals surface area contributed by atoms with Crippen LogP contribution in [0.25, 0.3) is 0 Å². The number of thioether (sulfide) groups is 1. The lowest BCUT2D eigenvalue weighted by Crippen LogP contribution is -2.02. The van der Waals surface area contributed by atoms with Gasteiger partial charge in [0.25, 0.3) is 0 Å². The van der Waals surface area contributed by atoms with E-state index in [0.29, 0.717) is 5.02 Å². The second-order valence-electron chi connectivity index (χ2n) is 2.90. The second kappa shape index (κ2) is 6.44. The lowest BCUT2D eigenvalue weighted by molar-refractivity contribution is 0.993. The minimum atomic E-state index is 0.710. The third-order valence-electron chi connectivity index (χ3n) is 1.77. The predicted octanol–water partition coefficient (Wildman–Crippen LogP) is 4.16. The van der Waals surface area contributed by atoms with E-state index in [0.717, 1.165) is 29.4 Å². The molecule has 0 amide bonds. The molecule has 1 aromatic carbocycles. The lowest BCUT2D eigenvalue weighted by atomic mass is 10.3. The average Bonchev–Trinajstić information content (AvgIpc) is 2.18. The monoisotopic (exact) mass is 249 g/mol. The third kappa shape index (κ3) is 3.99. The maximum absolute atomic E-state index is 5.98. The lowest BCUT2D eigenvalue weighted by Gasteiger charge is -2.07. The largest absolute Gasteiger partial charge is 0.384 e. The van der Waals surface area contributed by atoms with Gasteiger partial charge in [-0.2, -0.15) is 11.8 Å². The Morgan fingerprint density at radius 3 is 2.86 bits per heavy atom. The fourth-order valence-corrected chi connectivity index (χ4v) is 1.86. The van der Waals surface area contributed by atoms with Crippen LogP contribution in [0, 0.1) is 0 Å². The highest BCUT2D eigenvalue weighted by molar-refractivity contribution is 7.98. The Balaban J connectivity index is 2.45. The van der Waals surface area contributed by atoms with Crippen molar-refractivity contribution in [2.75, 3.05) is 23.9 Å². The molecule has 1 N–H and O–H groups in total. The van der Waals surface area contributed by atoms with Crippen LogP contribution in [-0.2, 0) is 0 Å². The van der Waals surface area contributed by atoms with Crippen LogP contribution in [0.1, 0.15) is 6.42 Å². The number of hydrogen-bond donors (Lipinski definition) is 1. The summed E-state index contributed by atoms with van der Waals surface area (Å²) in [4.78, 5) is 0. The highest BCUT2D eigenvalue weighted by atomic mass is 35.5. The van der Waals surface area contributed by atoms with Crippen LogP contribution < -0.4 is 5.32 Å². The first-order valence-corrected chi connectivity index (χ1v) is 6.57. The molecule has 1 aromatic rings. The first kappa shape index (κ1) is 12.0. The Kier molecular flexibility index (Phi) is 5.53. The number of halogens is 2. The molecule has 0 aliphatic carbocycles. The van der Waals surface area contributed by atoms with E-state index in [1.807, 2.05) is 17.8 Å². The van der Waals surface area contributed by atoms with Crippen molar-refractivity contribution in [3.05, 3.63) is 28.2 Å². The molecule has 0 saturated carbocycles. The maximum atomic E-state index is 5.98. The van der Waals surface area contributed by atoms with Crippen molar-refractivity contribution in [3.63, 3.8) is 0 Å². The van der Waals surface area contributed by atoms with E-state index in [1.165, 1.54) is 0 Å². The number of rotatable bonds is 5. The molecule has 0 unspecified atom stereocenters. The van der Waals surface area contributed by atoms with Gasteiger partial charge in [0.2, 0.25) is 0 Å². The zero-order valence-corrected chi connectivity index (χ0v) is 10.3. The van der Waals surface area contributed by atoms with Gasteiger partial charge in [-0.25, -0.2) is 0 Å². The van der Waals surface area contributed by atoms with Gasteiger partial charge in [0.1, 0.15) is 0 Å². The quantitative estimate of drug-likeness (QED) is 0.787. The molecule has 1 rings (SSSR count). The summed E-state index contributed by atoms with van der Waals surface area (Å²) in [6.07, 6.45) is 3.23. The highest BCUT2D eigenvalue weighted by Crippen LogP contribution is 2.25. The van der Waals surface area contributed by atoms with E-state index in [1.54, 1.807) is 12.1 Å². The summed E-state index contributed by atoms with van der Waals surface area (Å²) in [6, 6.07) is 5.45. The standard InChI is InChI=1S/C10H13Cl2NS/c1-14-6-2-5-13-10-7-8(11)3-4-9(10)12/h3-4,7,13H,2,5-6H2,1H3. The molecule has 0 aliphatic rings. The minimum absolute atomic E-state index is 0.710. The van der Waals surface area contributed by atoms with Crippen LogP contribution in [-0.4, -0.2) is 18.6 Å². The van der Waals surface area contributed by atoms with Crippen molar-refractivity contribution in [2.45, 2.75) is 6.42 Å². The molecule has 78 valence electrons. The van der Waals surface area contributed by atoms with Crippen molar-refractivity contribution >= 4 is 40.7 Å². The summed E-state index contributed by atoms with van der Waals surface area (Å²) >= 11 is 13.7. The Hall–Kier alpha value is -0.0500.